The van der Waals surface area contributed by atoms with Crippen molar-refractivity contribution in [1.82, 2.24) is 68.7 Å². The van der Waals surface area contributed by atoms with Gasteiger partial charge in [-0.05, 0) is 123 Å². The van der Waals surface area contributed by atoms with Crippen LogP contribution in [0.1, 0.15) is 98.2 Å². The van der Waals surface area contributed by atoms with Gasteiger partial charge in [-0.15, -0.1) is 0 Å². The Labute approximate surface area is 465 Å². The molecule has 6 aromatic rings. The minimum Gasteiger partial charge on any atom is -0.342 e. The second-order valence-corrected chi connectivity index (χ2v) is 27.5. The molecule has 424 valence electrons. The van der Waals surface area contributed by atoms with Gasteiger partial charge in [0, 0.05) is 218 Å². The van der Waals surface area contributed by atoms with E-state index in [2.05, 4.69) is 164 Å². The van der Waals surface area contributed by atoms with E-state index in [-0.39, 0.29) is 0 Å². The van der Waals surface area contributed by atoms with Crippen LogP contribution in [0.4, 0.5) is 0 Å². The molecular formula is C61H92N14O2S. The van der Waals surface area contributed by atoms with E-state index in [9.17, 15) is 8.42 Å². The van der Waals surface area contributed by atoms with E-state index in [0.29, 0.717) is 54.8 Å². The molecule has 0 amide bonds. The zero-order valence-electron chi connectivity index (χ0n) is 49.0. The predicted molar refractivity (Wildman–Crippen MR) is 317 cm³/mol. The van der Waals surface area contributed by atoms with Crippen molar-refractivity contribution >= 4 is 42.7 Å². The second kappa shape index (κ2) is 23.3. The first-order chi connectivity index (χ1) is 37.4. The molecule has 1 aliphatic carbocycles. The molecule has 1 unspecified atom stereocenters. The summed E-state index contributed by atoms with van der Waals surface area (Å²) in [4.78, 5) is 29.1. The van der Waals surface area contributed by atoms with E-state index < -0.39 is 9.84 Å². The summed E-state index contributed by atoms with van der Waals surface area (Å²) in [6, 6.07) is 10.5. The fourth-order valence-corrected chi connectivity index (χ4v) is 15.6. The van der Waals surface area contributed by atoms with Crippen molar-refractivity contribution in [3.63, 3.8) is 0 Å². The lowest BCUT2D eigenvalue weighted by Crippen LogP contribution is -2.54. The van der Waals surface area contributed by atoms with Crippen molar-refractivity contribution in [1.29, 1.82) is 0 Å². The van der Waals surface area contributed by atoms with Crippen LogP contribution in [-0.4, -0.2) is 200 Å². The number of hydrogen-bond donors (Lipinski definition) is 2. The van der Waals surface area contributed by atoms with Crippen molar-refractivity contribution in [2.75, 3.05) is 97.6 Å². The van der Waals surface area contributed by atoms with E-state index in [1.54, 1.807) is 0 Å². The minimum absolute atomic E-state index is 0.294. The molecule has 0 aromatic carbocycles. The maximum Gasteiger partial charge on any atom is 0.152 e. The molecule has 3 saturated heterocycles. The summed E-state index contributed by atoms with van der Waals surface area (Å²) in [6.45, 7) is 35.3. The Morgan fingerprint density at radius 2 is 1.01 bits per heavy atom. The van der Waals surface area contributed by atoms with Gasteiger partial charge in [-0.1, -0.05) is 0 Å². The second-order valence-electron chi connectivity index (χ2n) is 25.2. The SMILES string of the molecule is Cc1cc2c3c(n(CCN4C[C@@H](C)N[C@@H](C)C4)c2cn1)CCN(C)C3.Cc1cc2c3c(n(CCN4C[C@H](C)N[C@@H](C)C4)c2cn1)CCN(C)C3.Cc1cnc2c(c1)c1c(n2CCN2CCS(=O)(=O)CC2)CC(C)N(C2CC2)C1. The average molecular weight is 1090 g/mol. The molecule has 0 spiro atoms. The number of likely N-dealkylation sites (N-methyl/N-ethyl adjacent to an activating group) is 2. The van der Waals surface area contributed by atoms with Crippen LogP contribution in [0.5, 0.6) is 0 Å². The Bertz CT molecular complexity index is 3050. The van der Waals surface area contributed by atoms with Gasteiger partial charge in [-0.3, -0.25) is 29.6 Å². The number of rotatable bonds is 10. The quantitative estimate of drug-likeness (QED) is 0.166. The van der Waals surface area contributed by atoms with Crippen molar-refractivity contribution in [3.05, 3.63) is 87.5 Å². The maximum atomic E-state index is 11.7. The van der Waals surface area contributed by atoms with Crippen LogP contribution in [-0.2, 0) is 68.4 Å². The van der Waals surface area contributed by atoms with Crippen molar-refractivity contribution in [3.8, 4) is 0 Å². The van der Waals surface area contributed by atoms with Crippen molar-refractivity contribution in [2.45, 2.75) is 163 Å². The van der Waals surface area contributed by atoms with Gasteiger partial charge in [-0.25, -0.2) is 13.4 Å². The van der Waals surface area contributed by atoms with E-state index in [1.807, 2.05) is 6.20 Å². The molecule has 12 heterocycles. The predicted octanol–water partition coefficient (Wildman–Crippen LogP) is 6.01. The molecule has 2 N–H and O–H groups in total. The number of piperazine rings is 2. The zero-order valence-corrected chi connectivity index (χ0v) is 49.8. The third kappa shape index (κ3) is 12.3. The Morgan fingerprint density at radius 3 is 1.51 bits per heavy atom. The molecule has 6 aromatic heterocycles. The van der Waals surface area contributed by atoms with Crippen LogP contribution in [0.25, 0.3) is 32.8 Å². The van der Waals surface area contributed by atoms with Gasteiger partial charge in [0.25, 0.3) is 0 Å². The average Bonchev–Trinajstić information content (AvgIpc) is 4.09. The Hall–Kier alpha value is -4.30. The normalized spacial score (nSPS) is 25.6. The van der Waals surface area contributed by atoms with Crippen LogP contribution in [0.3, 0.4) is 0 Å². The van der Waals surface area contributed by atoms with Crippen LogP contribution in [0.15, 0.2) is 36.8 Å². The molecule has 0 bridgehead atoms. The minimum atomic E-state index is -2.82. The van der Waals surface area contributed by atoms with Gasteiger partial charge in [0.1, 0.15) is 5.65 Å². The van der Waals surface area contributed by atoms with Crippen LogP contribution in [0, 0.1) is 20.8 Å². The molecule has 17 heteroatoms. The van der Waals surface area contributed by atoms with Crippen LogP contribution < -0.4 is 10.6 Å². The number of aromatic nitrogens is 6. The number of hydrogen-bond acceptors (Lipinski definition) is 13. The zero-order chi connectivity index (χ0) is 54.6. The lowest BCUT2D eigenvalue weighted by molar-refractivity contribution is 0.168. The summed E-state index contributed by atoms with van der Waals surface area (Å²) in [5.41, 5.74) is 16.2. The number of nitrogens with zero attached hydrogens (tertiary/aromatic N) is 12. The summed E-state index contributed by atoms with van der Waals surface area (Å²) < 4.78 is 31.0. The Morgan fingerprint density at radius 1 is 0.538 bits per heavy atom. The molecular weight excluding hydrogens is 993 g/mol. The summed E-state index contributed by atoms with van der Waals surface area (Å²) in [5.74, 6) is 0.588. The molecule has 78 heavy (non-hydrogen) atoms. The van der Waals surface area contributed by atoms with Gasteiger partial charge in [0.2, 0.25) is 0 Å². The molecule has 4 fully saturated rings. The summed E-state index contributed by atoms with van der Waals surface area (Å²) in [7, 11) is 1.63. The Kier molecular flexibility index (Phi) is 16.6. The van der Waals surface area contributed by atoms with Gasteiger partial charge in [-0.2, -0.15) is 0 Å². The number of nitrogens with one attached hydrogen (secondary N) is 2. The van der Waals surface area contributed by atoms with E-state index >= 15 is 0 Å². The molecule has 1 saturated carbocycles. The highest BCUT2D eigenvalue weighted by Gasteiger charge is 2.38. The highest BCUT2D eigenvalue weighted by molar-refractivity contribution is 7.91. The van der Waals surface area contributed by atoms with Gasteiger partial charge < -0.3 is 34.1 Å². The Balaban J connectivity index is 0.000000124. The summed E-state index contributed by atoms with van der Waals surface area (Å²) >= 11 is 0. The number of pyridine rings is 3. The summed E-state index contributed by atoms with van der Waals surface area (Å²) in [6.07, 6.45) is 12.2. The van der Waals surface area contributed by atoms with Gasteiger partial charge in [0.05, 0.1) is 34.9 Å². The highest BCUT2D eigenvalue weighted by atomic mass is 32.2. The first kappa shape index (κ1) is 55.6. The van der Waals surface area contributed by atoms with Crippen LogP contribution >= 0.6 is 0 Å². The van der Waals surface area contributed by atoms with Gasteiger partial charge in [0.15, 0.2) is 9.84 Å². The van der Waals surface area contributed by atoms with E-state index in [4.69, 9.17) is 4.98 Å². The number of sulfone groups is 1. The standard InChI is InChI=1S/C21H30N4O2S.2C20H31N5/c1-15-11-18-19-14-25(17-3-4-17)16(2)12-20(19)24(21(18)22-13-15)6-5-23-7-9-28(26,27)10-8-23;2*1-14-9-17-18-13-23(4)6-5-19(18)25(20(17)10-21-14)8-7-24-11-15(2)22-16(3)12-24/h11,13,16-17H,3-10,12,14H2,1-2H3;2*9-10,15-16,22H,5-8,11-13H2,1-4H3/t;15-,16+;15-,16-/m..0/s1. The third-order valence-corrected chi connectivity index (χ3v) is 19.8. The lowest BCUT2D eigenvalue weighted by atomic mass is 9.99. The first-order valence-corrected chi connectivity index (χ1v) is 31.7. The molecule has 7 aliphatic rings. The summed E-state index contributed by atoms with van der Waals surface area (Å²) in [5, 5.41) is 11.4. The fraction of sp³-hybridized carbons (Fsp3) is 0.656. The number of fused-ring (bicyclic) bond motifs is 9. The smallest absolute Gasteiger partial charge is 0.152 e. The van der Waals surface area contributed by atoms with Crippen LogP contribution in [0.2, 0.25) is 0 Å². The van der Waals surface area contributed by atoms with Crippen molar-refractivity contribution < 1.29 is 8.42 Å². The molecule has 5 atom stereocenters. The molecule has 13 rings (SSSR count). The maximum absolute atomic E-state index is 11.7. The fourth-order valence-electron chi connectivity index (χ4n) is 14.3. The number of aryl methyl sites for hydroxylation is 3. The lowest BCUT2D eigenvalue weighted by Gasteiger charge is -2.36. The van der Waals surface area contributed by atoms with Crippen molar-refractivity contribution in [2.24, 2.45) is 0 Å². The third-order valence-electron chi connectivity index (χ3n) is 18.2. The molecule has 6 aliphatic heterocycles. The topological polar surface area (TPSA) is 131 Å². The molecule has 0 radical (unpaired) electrons. The highest BCUT2D eigenvalue weighted by Crippen LogP contribution is 2.39. The first-order valence-electron chi connectivity index (χ1n) is 29.9. The largest absolute Gasteiger partial charge is 0.342 e. The van der Waals surface area contributed by atoms with Gasteiger partial charge >= 0.3 is 0 Å². The molecule has 16 nitrogen and oxygen atoms in total. The van der Waals surface area contributed by atoms with E-state index in [0.717, 1.165) is 141 Å². The monoisotopic (exact) mass is 1080 g/mol. The van der Waals surface area contributed by atoms with E-state index in [1.165, 1.54) is 79.4 Å².